The van der Waals surface area contributed by atoms with E-state index in [-0.39, 0.29) is 17.5 Å². The van der Waals surface area contributed by atoms with Gasteiger partial charge in [-0.05, 0) is 38.5 Å². The van der Waals surface area contributed by atoms with Crippen LogP contribution in [-0.2, 0) is 11.8 Å². The summed E-state index contributed by atoms with van der Waals surface area (Å²) in [5.41, 5.74) is 3.99. The van der Waals surface area contributed by atoms with Gasteiger partial charge in [0.15, 0.2) is 17.3 Å². The number of carbonyl (C=O) groups excluding carboxylic acids is 1. The van der Waals surface area contributed by atoms with Crippen LogP contribution in [0.5, 0.6) is 0 Å². The molecule has 5 rings (SSSR count). The molecule has 4 aromatic heterocycles. The fraction of sp³-hybridized carbons (Fsp3) is 0.364. The third-order valence-electron chi connectivity index (χ3n) is 5.84. The molecule has 0 atom stereocenters. The average molecular weight is 421 g/mol. The lowest BCUT2D eigenvalue weighted by molar-refractivity contribution is -0.125. The first-order chi connectivity index (χ1) is 14.8. The summed E-state index contributed by atoms with van der Waals surface area (Å²) in [7, 11) is 1.85. The number of rotatable bonds is 4. The summed E-state index contributed by atoms with van der Waals surface area (Å²) >= 11 is 0. The van der Waals surface area contributed by atoms with E-state index in [1.165, 1.54) is 6.07 Å². The highest BCUT2D eigenvalue weighted by Crippen LogP contribution is 2.26. The molecule has 5 heterocycles. The quantitative estimate of drug-likeness (QED) is 0.548. The van der Waals surface area contributed by atoms with Crippen LogP contribution in [0.4, 0.5) is 10.2 Å². The van der Waals surface area contributed by atoms with Gasteiger partial charge in [-0.15, -0.1) is 0 Å². The topological polar surface area (TPSA) is 80.4 Å². The summed E-state index contributed by atoms with van der Waals surface area (Å²) in [6.45, 7) is 7.65. The largest absolute Gasteiger partial charge is 0.309 e. The minimum Gasteiger partial charge on any atom is -0.309 e. The molecule has 1 fully saturated rings. The van der Waals surface area contributed by atoms with E-state index in [2.05, 4.69) is 39.1 Å². The molecule has 0 aromatic carbocycles. The van der Waals surface area contributed by atoms with E-state index in [1.807, 2.05) is 26.2 Å². The lowest BCUT2D eigenvalue weighted by atomic mass is 9.97. The zero-order valence-corrected chi connectivity index (χ0v) is 17.9. The van der Waals surface area contributed by atoms with Crippen molar-refractivity contribution in [1.82, 2.24) is 29.0 Å². The molecule has 9 heteroatoms. The highest BCUT2D eigenvalue weighted by molar-refractivity contribution is 5.93. The fourth-order valence-electron chi connectivity index (χ4n) is 4.01. The second-order valence-electron chi connectivity index (χ2n) is 8.53. The number of aryl methyl sites for hydroxylation is 2. The van der Waals surface area contributed by atoms with Crippen molar-refractivity contribution in [1.29, 1.82) is 0 Å². The van der Waals surface area contributed by atoms with E-state index in [0.29, 0.717) is 23.1 Å². The number of pyridine rings is 2. The molecule has 4 aromatic rings. The molecule has 31 heavy (non-hydrogen) atoms. The second kappa shape index (κ2) is 7.12. The van der Waals surface area contributed by atoms with Gasteiger partial charge in [0, 0.05) is 37.9 Å². The molecule has 0 spiro atoms. The van der Waals surface area contributed by atoms with Crippen LogP contribution in [0.1, 0.15) is 19.4 Å². The van der Waals surface area contributed by atoms with Gasteiger partial charge in [-0.3, -0.25) is 14.4 Å². The first-order valence-electron chi connectivity index (χ1n) is 10.3. The first-order valence-corrected chi connectivity index (χ1v) is 10.3. The van der Waals surface area contributed by atoms with E-state index in [0.717, 1.165) is 29.7 Å². The van der Waals surface area contributed by atoms with Crippen LogP contribution in [-0.4, -0.2) is 54.1 Å². The molecule has 1 amide bonds. The maximum Gasteiger partial charge on any atom is 0.231 e. The van der Waals surface area contributed by atoms with Crippen molar-refractivity contribution >= 4 is 28.4 Å². The van der Waals surface area contributed by atoms with Crippen molar-refractivity contribution in [3.63, 3.8) is 0 Å². The van der Waals surface area contributed by atoms with Gasteiger partial charge >= 0.3 is 0 Å². The van der Waals surface area contributed by atoms with Gasteiger partial charge in [0.2, 0.25) is 5.91 Å². The number of nitrogens with zero attached hydrogens (tertiary/aromatic N) is 6. The Morgan fingerprint density at radius 3 is 2.71 bits per heavy atom. The monoisotopic (exact) mass is 421 g/mol. The highest BCUT2D eigenvalue weighted by Gasteiger charge is 2.34. The van der Waals surface area contributed by atoms with Gasteiger partial charge in [0.05, 0.1) is 24.0 Å². The van der Waals surface area contributed by atoms with Crippen molar-refractivity contribution in [3.8, 4) is 11.3 Å². The van der Waals surface area contributed by atoms with Crippen LogP contribution in [0.2, 0.25) is 0 Å². The Morgan fingerprint density at radius 2 is 1.97 bits per heavy atom. The van der Waals surface area contributed by atoms with Gasteiger partial charge in [0.1, 0.15) is 11.0 Å². The third kappa shape index (κ3) is 3.44. The number of nitrogens with one attached hydrogen (secondary N) is 1. The smallest absolute Gasteiger partial charge is 0.231 e. The van der Waals surface area contributed by atoms with Gasteiger partial charge in [0.25, 0.3) is 0 Å². The SMILES string of the molecule is Cc1cc(-c2cc(F)c3nc(NC(=O)C4CN(C(C)C)C4)cn3c2)nc2cn(C)nc12. The summed E-state index contributed by atoms with van der Waals surface area (Å²) in [5.74, 6) is -0.277. The van der Waals surface area contributed by atoms with E-state index >= 15 is 0 Å². The second-order valence-corrected chi connectivity index (χ2v) is 8.53. The molecule has 0 bridgehead atoms. The van der Waals surface area contributed by atoms with E-state index in [1.54, 1.807) is 21.5 Å². The predicted molar refractivity (Wildman–Crippen MR) is 116 cm³/mol. The van der Waals surface area contributed by atoms with Gasteiger partial charge in [-0.2, -0.15) is 5.10 Å². The molecule has 0 saturated carbocycles. The molecule has 1 saturated heterocycles. The lowest BCUT2D eigenvalue weighted by Gasteiger charge is -2.40. The molecule has 0 unspecified atom stereocenters. The number of carbonyl (C=O) groups is 1. The highest BCUT2D eigenvalue weighted by atomic mass is 19.1. The van der Waals surface area contributed by atoms with Crippen molar-refractivity contribution in [2.24, 2.45) is 13.0 Å². The molecular weight excluding hydrogens is 397 g/mol. The Bertz CT molecular complexity index is 1320. The zero-order chi connectivity index (χ0) is 21.9. The summed E-state index contributed by atoms with van der Waals surface area (Å²) < 4.78 is 18.1. The van der Waals surface area contributed by atoms with Crippen molar-refractivity contribution in [2.45, 2.75) is 26.8 Å². The number of fused-ring (bicyclic) bond motifs is 2. The van der Waals surface area contributed by atoms with Crippen LogP contribution in [0.3, 0.4) is 0 Å². The number of imidazole rings is 1. The Balaban J connectivity index is 1.43. The fourth-order valence-corrected chi connectivity index (χ4v) is 4.01. The average Bonchev–Trinajstić information content (AvgIpc) is 3.22. The van der Waals surface area contributed by atoms with Gasteiger partial charge in [-0.25, -0.2) is 14.4 Å². The van der Waals surface area contributed by atoms with Crippen LogP contribution >= 0.6 is 0 Å². The Hall–Kier alpha value is -3.33. The third-order valence-corrected chi connectivity index (χ3v) is 5.84. The minimum absolute atomic E-state index is 0.0639. The summed E-state index contributed by atoms with van der Waals surface area (Å²) in [4.78, 5) is 23.6. The molecule has 1 aliphatic heterocycles. The molecular formula is C22H24FN7O. The maximum absolute atomic E-state index is 14.8. The normalized spacial score (nSPS) is 15.2. The number of hydrogen-bond donors (Lipinski definition) is 1. The van der Waals surface area contributed by atoms with Crippen LogP contribution in [0.25, 0.3) is 27.9 Å². The Kier molecular flexibility index (Phi) is 4.51. The zero-order valence-electron chi connectivity index (χ0n) is 17.9. The molecule has 1 aliphatic rings. The number of anilines is 1. The number of amides is 1. The van der Waals surface area contributed by atoms with Crippen LogP contribution < -0.4 is 5.32 Å². The lowest BCUT2D eigenvalue weighted by Crippen LogP contribution is -2.54. The van der Waals surface area contributed by atoms with Crippen molar-refractivity contribution in [2.75, 3.05) is 18.4 Å². The van der Waals surface area contributed by atoms with Gasteiger partial charge in [-0.1, -0.05) is 0 Å². The number of hydrogen-bond acceptors (Lipinski definition) is 5. The number of likely N-dealkylation sites (tertiary alicyclic amines) is 1. The minimum atomic E-state index is -0.474. The number of aromatic nitrogens is 5. The van der Waals surface area contributed by atoms with Crippen LogP contribution in [0.15, 0.2) is 30.7 Å². The summed E-state index contributed by atoms with van der Waals surface area (Å²) in [6.07, 6.45) is 5.25. The van der Waals surface area contributed by atoms with E-state index in [9.17, 15) is 9.18 Å². The van der Waals surface area contributed by atoms with Crippen molar-refractivity contribution in [3.05, 3.63) is 42.1 Å². The summed E-state index contributed by atoms with van der Waals surface area (Å²) in [6, 6.07) is 3.74. The first kappa shape index (κ1) is 19.6. The molecule has 8 nitrogen and oxygen atoms in total. The Morgan fingerprint density at radius 1 is 1.19 bits per heavy atom. The molecule has 1 N–H and O–H groups in total. The summed E-state index contributed by atoms with van der Waals surface area (Å²) in [5, 5.41) is 7.23. The maximum atomic E-state index is 14.8. The molecule has 0 aliphatic carbocycles. The predicted octanol–water partition coefficient (Wildman–Crippen LogP) is 3.01. The van der Waals surface area contributed by atoms with Crippen molar-refractivity contribution < 1.29 is 9.18 Å². The molecule has 0 radical (unpaired) electrons. The number of halogens is 1. The Labute approximate surface area is 178 Å². The molecule has 160 valence electrons. The van der Waals surface area contributed by atoms with Gasteiger partial charge < -0.3 is 9.72 Å². The standard InChI is InChI=1S/C22H24FN7O/c1-12(2)29-8-15(9-29)22(31)26-19-11-30-7-14(6-16(23)21(30)25-19)17-5-13(3)20-18(24-17)10-28(4)27-20/h5-7,10-12,15H,8-9H2,1-4H3,(H,26,31). The van der Waals surface area contributed by atoms with E-state index < -0.39 is 5.82 Å². The van der Waals surface area contributed by atoms with Crippen LogP contribution in [0, 0.1) is 18.7 Å². The van der Waals surface area contributed by atoms with E-state index in [4.69, 9.17) is 0 Å².